The quantitative estimate of drug-likeness (QED) is 0.727. The SMILES string of the molecule is Cc1cc(C(=O)c2cc(Cl)cc(Cl)c2)c(F)cc1F. The van der Waals surface area contributed by atoms with Crippen molar-refractivity contribution in [2.75, 3.05) is 0 Å². The minimum Gasteiger partial charge on any atom is -0.288 e. The molecule has 0 bridgehead atoms. The van der Waals surface area contributed by atoms with E-state index in [1.807, 2.05) is 0 Å². The summed E-state index contributed by atoms with van der Waals surface area (Å²) in [5.41, 5.74) is 0.137. The van der Waals surface area contributed by atoms with Crippen LogP contribution in [0.15, 0.2) is 30.3 Å². The zero-order valence-corrected chi connectivity index (χ0v) is 11.3. The van der Waals surface area contributed by atoms with Crippen LogP contribution in [-0.4, -0.2) is 5.78 Å². The summed E-state index contributed by atoms with van der Waals surface area (Å²) in [6.45, 7) is 1.45. The molecule has 5 heteroatoms. The normalized spacial score (nSPS) is 10.6. The Morgan fingerprint density at radius 1 is 0.947 bits per heavy atom. The lowest BCUT2D eigenvalue weighted by Gasteiger charge is -2.06. The Morgan fingerprint density at radius 3 is 2.11 bits per heavy atom. The highest BCUT2D eigenvalue weighted by atomic mass is 35.5. The van der Waals surface area contributed by atoms with E-state index in [4.69, 9.17) is 23.2 Å². The molecule has 0 amide bonds. The average molecular weight is 301 g/mol. The summed E-state index contributed by atoms with van der Waals surface area (Å²) in [7, 11) is 0. The number of carbonyl (C=O) groups excluding carboxylic acids is 1. The number of hydrogen-bond acceptors (Lipinski definition) is 1. The van der Waals surface area contributed by atoms with Crippen LogP contribution < -0.4 is 0 Å². The third-order valence-electron chi connectivity index (χ3n) is 2.62. The molecule has 2 rings (SSSR count). The second-order valence-electron chi connectivity index (χ2n) is 4.07. The molecule has 0 aliphatic heterocycles. The van der Waals surface area contributed by atoms with Gasteiger partial charge in [0.15, 0.2) is 5.78 Å². The minimum absolute atomic E-state index is 0.155. The number of aryl methyl sites for hydroxylation is 1. The lowest BCUT2D eigenvalue weighted by Crippen LogP contribution is -2.06. The molecular weight excluding hydrogens is 293 g/mol. The molecule has 0 radical (unpaired) electrons. The van der Waals surface area contributed by atoms with Crippen molar-refractivity contribution >= 4 is 29.0 Å². The van der Waals surface area contributed by atoms with Gasteiger partial charge >= 0.3 is 0 Å². The lowest BCUT2D eigenvalue weighted by atomic mass is 10.0. The van der Waals surface area contributed by atoms with Crippen molar-refractivity contribution in [3.05, 3.63) is 68.7 Å². The first-order chi connectivity index (χ1) is 8.88. The molecule has 1 nitrogen and oxygen atoms in total. The Hall–Kier alpha value is -1.45. The third-order valence-corrected chi connectivity index (χ3v) is 3.05. The van der Waals surface area contributed by atoms with E-state index >= 15 is 0 Å². The van der Waals surface area contributed by atoms with Crippen molar-refractivity contribution in [2.24, 2.45) is 0 Å². The van der Waals surface area contributed by atoms with Crippen LogP contribution in [0.25, 0.3) is 0 Å². The van der Waals surface area contributed by atoms with Crippen LogP contribution in [0.4, 0.5) is 8.78 Å². The number of ketones is 1. The van der Waals surface area contributed by atoms with Gasteiger partial charge in [0, 0.05) is 21.7 Å². The van der Waals surface area contributed by atoms with Crippen LogP contribution in [0, 0.1) is 18.6 Å². The third kappa shape index (κ3) is 2.94. The van der Waals surface area contributed by atoms with E-state index in [9.17, 15) is 13.6 Å². The lowest BCUT2D eigenvalue weighted by molar-refractivity contribution is 0.103. The van der Waals surface area contributed by atoms with Crippen molar-refractivity contribution in [3.63, 3.8) is 0 Å². The predicted molar refractivity (Wildman–Crippen MR) is 71.0 cm³/mol. The maximum atomic E-state index is 13.6. The highest BCUT2D eigenvalue weighted by Gasteiger charge is 2.17. The van der Waals surface area contributed by atoms with Gasteiger partial charge in [-0.1, -0.05) is 23.2 Å². The van der Waals surface area contributed by atoms with Crippen LogP contribution in [-0.2, 0) is 0 Å². The van der Waals surface area contributed by atoms with Crippen molar-refractivity contribution in [1.82, 2.24) is 0 Å². The van der Waals surface area contributed by atoms with Crippen molar-refractivity contribution in [2.45, 2.75) is 6.92 Å². The fourth-order valence-corrected chi connectivity index (χ4v) is 2.20. The molecule has 0 heterocycles. The molecule has 19 heavy (non-hydrogen) atoms. The molecule has 0 saturated carbocycles. The van der Waals surface area contributed by atoms with Gasteiger partial charge in [0.25, 0.3) is 0 Å². The first-order valence-corrected chi connectivity index (χ1v) is 6.10. The molecule has 0 aliphatic carbocycles. The number of carbonyl (C=O) groups is 1. The van der Waals surface area contributed by atoms with Gasteiger partial charge in [0.1, 0.15) is 11.6 Å². The largest absolute Gasteiger partial charge is 0.288 e. The van der Waals surface area contributed by atoms with Gasteiger partial charge < -0.3 is 0 Å². The molecule has 2 aromatic carbocycles. The summed E-state index contributed by atoms with van der Waals surface area (Å²) >= 11 is 11.6. The van der Waals surface area contributed by atoms with Crippen molar-refractivity contribution in [3.8, 4) is 0 Å². The molecule has 0 saturated heterocycles. The zero-order chi connectivity index (χ0) is 14.2. The average Bonchev–Trinajstić information content (AvgIpc) is 2.31. The van der Waals surface area contributed by atoms with Crippen LogP contribution in [0.1, 0.15) is 21.5 Å². The number of hydrogen-bond donors (Lipinski definition) is 0. The second kappa shape index (κ2) is 5.27. The van der Waals surface area contributed by atoms with Gasteiger partial charge in [-0.25, -0.2) is 8.78 Å². The Bertz CT molecular complexity index is 648. The number of halogens is 4. The van der Waals surface area contributed by atoms with Crippen LogP contribution >= 0.6 is 23.2 Å². The van der Waals surface area contributed by atoms with Gasteiger partial charge in [0.05, 0.1) is 5.56 Å². The molecule has 0 atom stereocenters. The molecular formula is C14H8Cl2F2O. The molecule has 2 aromatic rings. The first-order valence-electron chi connectivity index (χ1n) is 5.35. The van der Waals surface area contributed by atoms with E-state index in [1.165, 1.54) is 31.2 Å². The summed E-state index contributed by atoms with van der Waals surface area (Å²) in [6.07, 6.45) is 0. The number of rotatable bonds is 2. The topological polar surface area (TPSA) is 17.1 Å². The first kappa shape index (κ1) is 14.0. The fraction of sp³-hybridized carbons (Fsp3) is 0.0714. The molecule has 98 valence electrons. The van der Waals surface area contributed by atoms with E-state index in [2.05, 4.69) is 0 Å². The number of benzene rings is 2. The maximum Gasteiger partial charge on any atom is 0.196 e. The Kier molecular flexibility index (Phi) is 3.88. The minimum atomic E-state index is -0.913. The standard InChI is InChI=1S/C14H8Cl2F2O/c1-7-2-11(13(18)6-12(7)17)14(19)8-3-9(15)5-10(16)4-8/h2-6H,1H3. The van der Waals surface area contributed by atoms with Crippen LogP contribution in [0.3, 0.4) is 0 Å². The Labute approximate surface area is 118 Å². The molecule has 0 spiro atoms. The Balaban J connectivity index is 2.53. The fourth-order valence-electron chi connectivity index (χ4n) is 1.67. The predicted octanol–water partition coefficient (Wildman–Crippen LogP) is 4.81. The molecule has 0 N–H and O–H groups in total. The highest BCUT2D eigenvalue weighted by molar-refractivity contribution is 6.35. The van der Waals surface area contributed by atoms with E-state index in [-0.39, 0.29) is 26.7 Å². The molecule has 0 unspecified atom stereocenters. The monoisotopic (exact) mass is 300 g/mol. The summed E-state index contributed by atoms with van der Waals surface area (Å²) in [4.78, 5) is 12.2. The van der Waals surface area contributed by atoms with Crippen LogP contribution in [0.5, 0.6) is 0 Å². The summed E-state index contributed by atoms with van der Waals surface area (Å²) in [5, 5.41) is 0.546. The zero-order valence-electron chi connectivity index (χ0n) is 9.81. The molecule has 0 fully saturated rings. The summed E-state index contributed by atoms with van der Waals surface area (Å²) < 4.78 is 26.8. The van der Waals surface area contributed by atoms with E-state index in [0.29, 0.717) is 6.07 Å². The smallest absolute Gasteiger partial charge is 0.196 e. The summed E-state index contributed by atoms with van der Waals surface area (Å²) in [5.74, 6) is -2.20. The van der Waals surface area contributed by atoms with Gasteiger partial charge in [-0.05, 0) is 36.8 Å². The molecule has 0 aromatic heterocycles. The van der Waals surface area contributed by atoms with Crippen LogP contribution in [0.2, 0.25) is 10.0 Å². The molecule has 0 aliphatic rings. The van der Waals surface area contributed by atoms with E-state index < -0.39 is 17.4 Å². The van der Waals surface area contributed by atoms with E-state index in [1.54, 1.807) is 0 Å². The van der Waals surface area contributed by atoms with Gasteiger partial charge in [-0.2, -0.15) is 0 Å². The highest BCUT2D eigenvalue weighted by Crippen LogP contribution is 2.23. The Morgan fingerprint density at radius 2 is 1.53 bits per heavy atom. The second-order valence-corrected chi connectivity index (χ2v) is 4.94. The van der Waals surface area contributed by atoms with Gasteiger partial charge in [-0.15, -0.1) is 0 Å². The maximum absolute atomic E-state index is 13.6. The van der Waals surface area contributed by atoms with Gasteiger partial charge in [0.2, 0.25) is 0 Å². The van der Waals surface area contributed by atoms with E-state index in [0.717, 1.165) is 0 Å². The van der Waals surface area contributed by atoms with Crippen molar-refractivity contribution in [1.29, 1.82) is 0 Å². The summed E-state index contributed by atoms with van der Waals surface area (Å²) in [6, 6.07) is 6.09. The van der Waals surface area contributed by atoms with Gasteiger partial charge in [-0.3, -0.25) is 4.79 Å². The van der Waals surface area contributed by atoms with Crippen molar-refractivity contribution < 1.29 is 13.6 Å².